The average molecular weight is 189 g/mol. The van der Waals surface area contributed by atoms with Crippen LogP contribution in [-0.2, 0) is 4.79 Å². The smallest absolute Gasteiger partial charge is 0.141 e. The first-order chi connectivity index (χ1) is 5.73. The van der Waals surface area contributed by atoms with Gasteiger partial charge in [-0.25, -0.2) is 0 Å². The number of carbonyl (C=O) groups excluding carboxylic acids is 1. The number of carbonyl (C=O) groups is 1. The van der Waals surface area contributed by atoms with Gasteiger partial charge in [0.1, 0.15) is 11.2 Å². The van der Waals surface area contributed by atoms with E-state index in [-0.39, 0.29) is 0 Å². The van der Waals surface area contributed by atoms with Crippen LogP contribution in [0.1, 0.15) is 45.4 Å². The van der Waals surface area contributed by atoms with Crippen molar-refractivity contribution in [2.75, 3.05) is 0 Å². The van der Waals surface area contributed by atoms with E-state index in [4.69, 9.17) is 11.6 Å². The molecular weight excluding hydrogens is 172 g/mol. The zero-order chi connectivity index (χ0) is 9.03. The Morgan fingerprint density at radius 2 is 2.25 bits per heavy atom. The van der Waals surface area contributed by atoms with Crippen LogP contribution in [-0.4, -0.2) is 11.2 Å². The molecule has 1 saturated carbocycles. The lowest BCUT2D eigenvalue weighted by Gasteiger charge is -1.99. The molecule has 0 radical (unpaired) electrons. The SMILES string of the molecule is CCCCCC[C@@H]1C[C@]1(Cl)C=O. The van der Waals surface area contributed by atoms with E-state index in [1.165, 1.54) is 25.7 Å². The second-order valence-corrected chi connectivity index (χ2v) is 4.50. The van der Waals surface area contributed by atoms with Crippen LogP contribution >= 0.6 is 11.6 Å². The third-order valence-corrected chi connectivity index (χ3v) is 3.23. The predicted octanol–water partition coefficient (Wildman–Crippen LogP) is 3.15. The lowest BCUT2D eigenvalue weighted by molar-refractivity contribution is -0.108. The van der Waals surface area contributed by atoms with E-state index >= 15 is 0 Å². The Bertz CT molecular complexity index is 158. The third-order valence-electron chi connectivity index (χ3n) is 2.68. The van der Waals surface area contributed by atoms with Gasteiger partial charge in [-0.1, -0.05) is 32.6 Å². The second kappa shape index (κ2) is 4.27. The number of hydrogen-bond donors (Lipinski definition) is 0. The molecule has 70 valence electrons. The summed E-state index contributed by atoms with van der Waals surface area (Å²) in [5, 5.41) is 0. The summed E-state index contributed by atoms with van der Waals surface area (Å²) >= 11 is 5.94. The molecule has 1 fully saturated rings. The van der Waals surface area contributed by atoms with Crippen molar-refractivity contribution in [2.24, 2.45) is 5.92 Å². The van der Waals surface area contributed by atoms with Gasteiger partial charge >= 0.3 is 0 Å². The summed E-state index contributed by atoms with van der Waals surface area (Å²) in [7, 11) is 0. The van der Waals surface area contributed by atoms with E-state index in [1.54, 1.807) is 0 Å². The molecule has 0 N–H and O–H groups in total. The number of halogens is 1. The maximum absolute atomic E-state index is 10.5. The van der Waals surface area contributed by atoms with Crippen molar-refractivity contribution >= 4 is 17.9 Å². The van der Waals surface area contributed by atoms with E-state index in [9.17, 15) is 4.79 Å². The first kappa shape index (κ1) is 10.0. The molecule has 0 heterocycles. The Labute approximate surface area is 79.5 Å². The van der Waals surface area contributed by atoms with E-state index in [0.29, 0.717) is 5.92 Å². The molecule has 0 aromatic rings. The topological polar surface area (TPSA) is 17.1 Å². The molecule has 1 aliphatic rings. The average Bonchev–Trinajstić information content (AvgIpc) is 2.73. The van der Waals surface area contributed by atoms with Crippen LogP contribution < -0.4 is 0 Å². The Kier molecular flexibility index (Phi) is 3.57. The van der Waals surface area contributed by atoms with E-state index < -0.39 is 4.87 Å². The van der Waals surface area contributed by atoms with Crippen molar-refractivity contribution in [1.29, 1.82) is 0 Å². The highest BCUT2D eigenvalue weighted by molar-refractivity contribution is 6.34. The molecule has 0 amide bonds. The van der Waals surface area contributed by atoms with Gasteiger partial charge in [0.05, 0.1) is 0 Å². The normalized spacial score (nSPS) is 33.3. The first-order valence-electron chi connectivity index (χ1n) is 4.88. The number of unbranched alkanes of at least 4 members (excludes halogenated alkanes) is 3. The summed E-state index contributed by atoms with van der Waals surface area (Å²) in [5.74, 6) is 0.480. The Morgan fingerprint density at radius 1 is 1.50 bits per heavy atom. The molecule has 0 unspecified atom stereocenters. The zero-order valence-corrected chi connectivity index (χ0v) is 8.44. The van der Waals surface area contributed by atoms with Gasteiger partial charge in [0.15, 0.2) is 0 Å². The van der Waals surface area contributed by atoms with Crippen LogP contribution in [0.25, 0.3) is 0 Å². The van der Waals surface area contributed by atoms with Crippen molar-refractivity contribution in [3.8, 4) is 0 Å². The van der Waals surface area contributed by atoms with E-state index in [0.717, 1.165) is 19.1 Å². The number of hydrogen-bond acceptors (Lipinski definition) is 1. The maximum atomic E-state index is 10.5. The van der Waals surface area contributed by atoms with Crippen molar-refractivity contribution in [3.63, 3.8) is 0 Å². The van der Waals surface area contributed by atoms with Gasteiger partial charge < -0.3 is 4.79 Å². The monoisotopic (exact) mass is 188 g/mol. The molecule has 0 aromatic carbocycles. The quantitative estimate of drug-likeness (QED) is 0.356. The molecule has 0 aromatic heterocycles. The molecule has 0 saturated heterocycles. The van der Waals surface area contributed by atoms with Gasteiger partial charge in [-0.15, -0.1) is 11.6 Å². The first-order valence-corrected chi connectivity index (χ1v) is 5.26. The summed E-state index contributed by atoms with van der Waals surface area (Å²) in [5.41, 5.74) is 0. The molecule has 1 nitrogen and oxygen atoms in total. The summed E-state index contributed by atoms with van der Waals surface area (Å²) < 4.78 is 0. The molecule has 2 atom stereocenters. The summed E-state index contributed by atoms with van der Waals surface area (Å²) in [6, 6.07) is 0. The number of aldehydes is 1. The lowest BCUT2D eigenvalue weighted by Crippen LogP contribution is -2.03. The van der Waals surface area contributed by atoms with Gasteiger partial charge in [0, 0.05) is 0 Å². The molecule has 1 aliphatic carbocycles. The fraction of sp³-hybridized carbons (Fsp3) is 0.900. The molecule has 12 heavy (non-hydrogen) atoms. The zero-order valence-electron chi connectivity index (χ0n) is 7.68. The minimum absolute atomic E-state index is 0.452. The van der Waals surface area contributed by atoms with Crippen molar-refractivity contribution in [2.45, 2.75) is 50.3 Å². The lowest BCUT2D eigenvalue weighted by atomic mass is 10.1. The van der Waals surface area contributed by atoms with Crippen LogP contribution in [0.3, 0.4) is 0 Å². The third kappa shape index (κ3) is 2.48. The van der Waals surface area contributed by atoms with Crippen LogP contribution in [0.5, 0.6) is 0 Å². The molecule has 2 heteroatoms. The van der Waals surface area contributed by atoms with Crippen LogP contribution in [0, 0.1) is 5.92 Å². The number of rotatable bonds is 6. The van der Waals surface area contributed by atoms with Crippen molar-refractivity contribution in [1.82, 2.24) is 0 Å². The van der Waals surface area contributed by atoms with Crippen LogP contribution in [0.4, 0.5) is 0 Å². The van der Waals surface area contributed by atoms with Crippen LogP contribution in [0.15, 0.2) is 0 Å². The van der Waals surface area contributed by atoms with Gasteiger partial charge in [-0.2, -0.15) is 0 Å². The van der Waals surface area contributed by atoms with Crippen LogP contribution in [0.2, 0.25) is 0 Å². The highest BCUT2D eigenvalue weighted by Crippen LogP contribution is 2.50. The molecule has 1 rings (SSSR count). The summed E-state index contributed by atoms with van der Waals surface area (Å²) in [4.78, 5) is 10.0. The molecule has 0 spiro atoms. The van der Waals surface area contributed by atoms with Gasteiger partial charge in [0.25, 0.3) is 0 Å². The standard InChI is InChI=1S/C10H17ClO/c1-2-3-4-5-6-9-7-10(9,11)8-12/h8-9H,2-7H2,1H3/t9-,10+/m1/s1. The van der Waals surface area contributed by atoms with E-state index in [1.807, 2.05) is 0 Å². The highest BCUT2D eigenvalue weighted by atomic mass is 35.5. The number of alkyl halides is 1. The second-order valence-electron chi connectivity index (χ2n) is 3.79. The largest absolute Gasteiger partial charge is 0.301 e. The fourth-order valence-electron chi connectivity index (χ4n) is 1.62. The minimum atomic E-state index is -0.452. The highest BCUT2D eigenvalue weighted by Gasteiger charge is 2.52. The summed E-state index contributed by atoms with van der Waals surface area (Å²) in [6.45, 7) is 2.20. The van der Waals surface area contributed by atoms with Crippen molar-refractivity contribution < 1.29 is 4.79 Å². The fourth-order valence-corrected chi connectivity index (χ4v) is 1.92. The Balaban J connectivity index is 2.00. The van der Waals surface area contributed by atoms with Gasteiger partial charge in [0.2, 0.25) is 0 Å². The molecule has 0 aliphatic heterocycles. The maximum Gasteiger partial charge on any atom is 0.141 e. The minimum Gasteiger partial charge on any atom is -0.301 e. The molecule has 0 bridgehead atoms. The predicted molar refractivity (Wildman–Crippen MR) is 51.5 cm³/mol. The van der Waals surface area contributed by atoms with Gasteiger partial charge in [-0.05, 0) is 18.8 Å². The van der Waals surface area contributed by atoms with Gasteiger partial charge in [-0.3, -0.25) is 0 Å². The Hall–Kier alpha value is -0.0400. The molecular formula is C10H17ClO. The van der Waals surface area contributed by atoms with Crippen molar-refractivity contribution in [3.05, 3.63) is 0 Å². The summed E-state index contributed by atoms with van der Waals surface area (Å²) in [6.07, 6.45) is 8.07. The van der Waals surface area contributed by atoms with E-state index in [2.05, 4.69) is 6.92 Å². The Morgan fingerprint density at radius 3 is 2.75 bits per heavy atom.